The van der Waals surface area contributed by atoms with Crippen LogP contribution in [0.4, 0.5) is 0 Å². The Bertz CT molecular complexity index is 878. The van der Waals surface area contributed by atoms with Crippen LogP contribution in [-0.2, 0) is 19.7 Å². The molecule has 0 saturated heterocycles. The molecule has 3 rings (SSSR count). The van der Waals surface area contributed by atoms with Gasteiger partial charge in [0, 0.05) is 18.1 Å². The summed E-state index contributed by atoms with van der Waals surface area (Å²) >= 11 is 6.02. The maximum atomic E-state index is 6.02. The zero-order valence-corrected chi connectivity index (χ0v) is 16.4. The minimum Gasteiger partial charge on any atom is -0.493 e. The fourth-order valence-electron chi connectivity index (χ4n) is 2.79. The first-order chi connectivity index (χ1) is 13.1. The molecule has 140 valence electrons. The molecule has 1 N–H and O–H groups in total. The summed E-state index contributed by atoms with van der Waals surface area (Å²) in [6, 6.07) is 22.2. The summed E-state index contributed by atoms with van der Waals surface area (Å²) in [5.41, 5.74) is 4.72. The van der Waals surface area contributed by atoms with Crippen LogP contribution in [-0.4, -0.2) is 7.11 Å². The Morgan fingerprint density at radius 3 is 2.30 bits per heavy atom. The second-order valence-electron chi connectivity index (χ2n) is 6.49. The zero-order chi connectivity index (χ0) is 19.1. The van der Waals surface area contributed by atoms with Crippen molar-refractivity contribution in [2.24, 2.45) is 0 Å². The van der Waals surface area contributed by atoms with Crippen LogP contribution in [0.1, 0.15) is 22.3 Å². The normalized spacial score (nSPS) is 10.6. The number of hydrogen-bond donors (Lipinski definition) is 1. The van der Waals surface area contributed by atoms with Crippen molar-refractivity contribution >= 4 is 11.6 Å². The molecular weight excluding hydrogens is 358 g/mol. The molecule has 27 heavy (non-hydrogen) atoms. The summed E-state index contributed by atoms with van der Waals surface area (Å²) in [6.07, 6.45) is 0. The summed E-state index contributed by atoms with van der Waals surface area (Å²) in [5.74, 6) is 1.45. The van der Waals surface area contributed by atoms with Crippen LogP contribution >= 0.6 is 11.6 Å². The number of aryl methyl sites for hydroxylation is 1. The van der Waals surface area contributed by atoms with Crippen LogP contribution < -0.4 is 14.8 Å². The van der Waals surface area contributed by atoms with Gasteiger partial charge in [0.1, 0.15) is 6.61 Å². The van der Waals surface area contributed by atoms with Gasteiger partial charge < -0.3 is 14.8 Å². The maximum Gasteiger partial charge on any atom is 0.161 e. The van der Waals surface area contributed by atoms with Crippen molar-refractivity contribution in [2.75, 3.05) is 7.11 Å². The SMILES string of the molecule is COc1cc(CNCc2ccc(C)cc2)ccc1OCc1cccc(Cl)c1. The standard InChI is InChI=1S/C23H24ClNO2/c1-17-6-8-18(9-7-17)14-25-15-19-10-11-22(23(13-19)26-2)27-16-20-4-3-5-21(24)12-20/h3-13,25H,14-16H2,1-2H3. The van der Waals surface area contributed by atoms with Crippen molar-refractivity contribution in [3.05, 3.63) is 94.0 Å². The van der Waals surface area contributed by atoms with Gasteiger partial charge in [0.05, 0.1) is 7.11 Å². The van der Waals surface area contributed by atoms with E-state index in [4.69, 9.17) is 21.1 Å². The van der Waals surface area contributed by atoms with Crippen molar-refractivity contribution in [3.8, 4) is 11.5 Å². The highest BCUT2D eigenvalue weighted by Crippen LogP contribution is 2.29. The summed E-state index contributed by atoms with van der Waals surface area (Å²) in [4.78, 5) is 0. The number of nitrogens with one attached hydrogen (secondary N) is 1. The second-order valence-corrected chi connectivity index (χ2v) is 6.93. The van der Waals surface area contributed by atoms with Crippen molar-refractivity contribution in [1.82, 2.24) is 5.32 Å². The topological polar surface area (TPSA) is 30.5 Å². The summed E-state index contributed by atoms with van der Waals surface area (Å²) < 4.78 is 11.4. The third kappa shape index (κ3) is 5.75. The third-order valence-corrected chi connectivity index (χ3v) is 4.53. The summed E-state index contributed by atoms with van der Waals surface area (Å²) in [5, 5.41) is 4.17. The van der Waals surface area contributed by atoms with Gasteiger partial charge in [-0.05, 0) is 47.9 Å². The van der Waals surface area contributed by atoms with E-state index in [1.807, 2.05) is 36.4 Å². The molecule has 0 unspecified atom stereocenters. The lowest BCUT2D eigenvalue weighted by Crippen LogP contribution is -2.12. The molecule has 0 atom stereocenters. The monoisotopic (exact) mass is 381 g/mol. The molecule has 0 bridgehead atoms. The summed E-state index contributed by atoms with van der Waals surface area (Å²) in [7, 11) is 1.66. The molecule has 0 aromatic heterocycles. The molecule has 3 aromatic rings. The second kappa shape index (κ2) is 9.45. The van der Waals surface area contributed by atoms with E-state index in [9.17, 15) is 0 Å². The van der Waals surface area contributed by atoms with E-state index in [0.717, 1.165) is 35.7 Å². The Kier molecular flexibility index (Phi) is 6.74. The van der Waals surface area contributed by atoms with Gasteiger partial charge in [-0.1, -0.05) is 59.6 Å². The molecule has 0 fully saturated rings. The fraction of sp³-hybridized carbons (Fsp3) is 0.217. The number of ether oxygens (including phenoxy) is 2. The first-order valence-electron chi connectivity index (χ1n) is 8.94. The van der Waals surface area contributed by atoms with Crippen molar-refractivity contribution in [2.45, 2.75) is 26.6 Å². The van der Waals surface area contributed by atoms with E-state index < -0.39 is 0 Å². The lowest BCUT2D eigenvalue weighted by Gasteiger charge is -2.13. The van der Waals surface area contributed by atoms with Gasteiger partial charge in [0.25, 0.3) is 0 Å². The largest absolute Gasteiger partial charge is 0.493 e. The molecule has 4 heteroatoms. The highest BCUT2D eigenvalue weighted by molar-refractivity contribution is 6.30. The van der Waals surface area contributed by atoms with Crippen molar-refractivity contribution in [1.29, 1.82) is 0 Å². The van der Waals surface area contributed by atoms with E-state index in [1.165, 1.54) is 11.1 Å². The van der Waals surface area contributed by atoms with Crippen LogP contribution in [0.5, 0.6) is 11.5 Å². The van der Waals surface area contributed by atoms with Gasteiger partial charge >= 0.3 is 0 Å². The first kappa shape index (κ1) is 19.3. The Morgan fingerprint density at radius 2 is 1.56 bits per heavy atom. The minimum absolute atomic E-state index is 0.446. The number of rotatable bonds is 8. The van der Waals surface area contributed by atoms with Gasteiger partial charge in [-0.3, -0.25) is 0 Å². The van der Waals surface area contributed by atoms with Gasteiger partial charge in [-0.15, -0.1) is 0 Å². The van der Waals surface area contributed by atoms with Crippen LogP contribution in [0.3, 0.4) is 0 Å². The predicted octanol–water partition coefficient (Wildman–Crippen LogP) is 5.53. The maximum absolute atomic E-state index is 6.02. The van der Waals surface area contributed by atoms with Crippen LogP contribution in [0.15, 0.2) is 66.7 Å². The molecule has 3 nitrogen and oxygen atoms in total. The van der Waals surface area contributed by atoms with Gasteiger partial charge in [-0.2, -0.15) is 0 Å². The molecule has 0 aliphatic rings. The van der Waals surface area contributed by atoms with Crippen LogP contribution in [0, 0.1) is 6.92 Å². The highest BCUT2D eigenvalue weighted by atomic mass is 35.5. The van der Waals surface area contributed by atoms with E-state index in [0.29, 0.717) is 11.6 Å². The number of hydrogen-bond acceptors (Lipinski definition) is 3. The number of methoxy groups -OCH3 is 1. The first-order valence-corrected chi connectivity index (χ1v) is 9.32. The van der Waals surface area contributed by atoms with Gasteiger partial charge in [0.2, 0.25) is 0 Å². The van der Waals surface area contributed by atoms with Crippen LogP contribution in [0.25, 0.3) is 0 Å². The molecular formula is C23H24ClNO2. The Morgan fingerprint density at radius 1 is 0.815 bits per heavy atom. The molecule has 0 saturated carbocycles. The summed E-state index contributed by atoms with van der Waals surface area (Å²) in [6.45, 7) is 4.13. The molecule has 0 aliphatic carbocycles. The lowest BCUT2D eigenvalue weighted by molar-refractivity contribution is 0.284. The molecule has 0 spiro atoms. The Hall–Kier alpha value is -2.49. The molecule has 0 aliphatic heterocycles. The minimum atomic E-state index is 0.446. The zero-order valence-electron chi connectivity index (χ0n) is 15.7. The number of halogens is 1. The molecule has 0 amide bonds. The average Bonchev–Trinajstić information content (AvgIpc) is 2.68. The predicted molar refractivity (Wildman–Crippen MR) is 111 cm³/mol. The molecule has 0 radical (unpaired) electrons. The fourth-order valence-corrected chi connectivity index (χ4v) is 3.00. The Labute approximate surface area is 165 Å². The van der Waals surface area contributed by atoms with Gasteiger partial charge in [-0.25, -0.2) is 0 Å². The Balaban J connectivity index is 1.57. The van der Waals surface area contributed by atoms with E-state index >= 15 is 0 Å². The van der Waals surface area contributed by atoms with Crippen LogP contribution in [0.2, 0.25) is 5.02 Å². The lowest BCUT2D eigenvalue weighted by atomic mass is 10.1. The molecule has 3 aromatic carbocycles. The highest BCUT2D eigenvalue weighted by Gasteiger charge is 2.07. The van der Waals surface area contributed by atoms with Crippen molar-refractivity contribution < 1.29 is 9.47 Å². The average molecular weight is 382 g/mol. The quantitative estimate of drug-likeness (QED) is 0.556. The van der Waals surface area contributed by atoms with Gasteiger partial charge in [0.15, 0.2) is 11.5 Å². The van der Waals surface area contributed by atoms with E-state index in [-0.39, 0.29) is 0 Å². The van der Waals surface area contributed by atoms with Crippen molar-refractivity contribution in [3.63, 3.8) is 0 Å². The molecule has 0 heterocycles. The number of benzene rings is 3. The van der Waals surface area contributed by atoms with E-state index in [2.05, 4.69) is 42.6 Å². The third-order valence-electron chi connectivity index (χ3n) is 4.29. The smallest absolute Gasteiger partial charge is 0.161 e. The van der Waals surface area contributed by atoms with E-state index in [1.54, 1.807) is 7.11 Å².